The molecule has 14 heavy (non-hydrogen) atoms. The maximum Gasteiger partial charge on any atom is 0.120 e. The van der Waals surface area contributed by atoms with E-state index in [2.05, 4.69) is 23.4 Å². The first-order valence-electron chi connectivity index (χ1n) is 4.59. The molecule has 0 amide bonds. The Hall–Kier alpha value is -0.930. The van der Waals surface area contributed by atoms with Gasteiger partial charge in [0.05, 0.1) is 0 Å². The molecule has 0 aliphatic rings. The van der Waals surface area contributed by atoms with E-state index in [1.54, 1.807) is 12.2 Å². The van der Waals surface area contributed by atoms with E-state index < -0.39 is 5.83 Å². The molecule has 0 saturated heterocycles. The average molecular weight is 198 g/mol. The van der Waals surface area contributed by atoms with E-state index in [0.29, 0.717) is 12.1 Å². The van der Waals surface area contributed by atoms with E-state index in [0.717, 1.165) is 13.1 Å². The molecule has 0 aromatic rings. The second-order valence-corrected chi connectivity index (χ2v) is 3.31. The Morgan fingerprint density at radius 1 is 1.50 bits per heavy atom. The molecular weight excluding hydrogens is 179 g/mol. The molecule has 0 heterocycles. The molecule has 0 aliphatic heterocycles. The van der Waals surface area contributed by atoms with Crippen molar-refractivity contribution in [3.8, 4) is 0 Å². The molecule has 0 fully saturated rings. The molecule has 0 aromatic heterocycles. The van der Waals surface area contributed by atoms with Gasteiger partial charge in [-0.15, -0.1) is 0 Å². The molecule has 0 aliphatic carbocycles. The summed E-state index contributed by atoms with van der Waals surface area (Å²) >= 11 is 0. The first-order valence-corrected chi connectivity index (χ1v) is 4.59. The van der Waals surface area contributed by atoms with Crippen LogP contribution < -0.4 is 5.32 Å². The number of hydrogen-bond acceptors (Lipinski definition) is 2. The van der Waals surface area contributed by atoms with Crippen molar-refractivity contribution in [2.75, 3.05) is 33.7 Å². The van der Waals surface area contributed by atoms with Crippen molar-refractivity contribution >= 4 is 0 Å². The smallest absolute Gasteiger partial charge is 0.120 e. The third kappa shape index (κ3) is 6.57. The molecule has 2 nitrogen and oxygen atoms in total. The molecular formula is C11H19FN2. The van der Waals surface area contributed by atoms with Crippen LogP contribution in [0.15, 0.2) is 36.7 Å². The van der Waals surface area contributed by atoms with Gasteiger partial charge < -0.3 is 10.2 Å². The zero-order chi connectivity index (χ0) is 11.0. The van der Waals surface area contributed by atoms with Crippen molar-refractivity contribution in [1.82, 2.24) is 10.2 Å². The van der Waals surface area contributed by atoms with Crippen LogP contribution in [0.2, 0.25) is 0 Å². The largest absolute Gasteiger partial charge is 0.311 e. The van der Waals surface area contributed by atoms with Crippen molar-refractivity contribution in [2.24, 2.45) is 0 Å². The minimum atomic E-state index is -0.401. The monoisotopic (exact) mass is 198 g/mol. The molecule has 0 rings (SSSR count). The van der Waals surface area contributed by atoms with Crippen molar-refractivity contribution in [1.29, 1.82) is 0 Å². The van der Waals surface area contributed by atoms with Gasteiger partial charge in [0.15, 0.2) is 0 Å². The molecule has 0 spiro atoms. The highest BCUT2D eigenvalue weighted by Crippen LogP contribution is 2.07. The molecule has 1 N–H and O–H groups in total. The normalized spacial score (nSPS) is 11.9. The van der Waals surface area contributed by atoms with Crippen LogP contribution in [0, 0.1) is 0 Å². The van der Waals surface area contributed by atoms with Gasteiger partial charge >= 0.3 is 0 Å². The summed E-state index contributed by atoms with van der Waals surface area (Å²) in [6.45, 7) is 9.03. The molecule has 0 unspecified atom stereocenters. The van der Waals surface area contributed by atoms with E-state index in [-0.39, 0.29) is 0 Å². The predicted molar refractivity (Wildman–Crippen MR) is 60.0 cm³/mol. The second-order valence-electron chi connectivity index (χ2n) is 3.31. The van der Waals surface area contributed by atoms with E-state index in [4.69, 9.17) is 0 Å². The summed E-state index contributed by atoms with van der Waals surface area (Å²) in [5, 5.41) is 3.12. The highest BCUT2D eigenvalue weighted by Gasteiger charge is 1.99. The van der Waals surface area contributed by atoms with Gasteiger partial charge in [-0.2, -0.15) is 0 Å². The highest BCUT2D eigenvalue weighted by molar-refractivity contribution is 5.27. The lowest BCUT2D eigenvalue weighted by molar-refractivity contribution is 0.403. The quantitative estimate of drug-likeness (QED) is 0.495. The summed E-state index contributed by atoms with van der Waals surface area (Å²) < 4.78 is 12.8. The van der Waals surface area contributed by atoms with Gasteiger partial charge in [0.25, 0.3) is 0 Å². The van der Waals surface area contributed by atoms with Gasteiger partial charge in [0.2, 0.25) is 0 Å². The second kappa shape index (κ2) is 7.47. The van der Waals surface area contributed by atoms with Crippen molar-refractivity contribution in [2.45, 2.75) is 0 Å². The fraction of sp³-hybridized carbons (Fsp3) is 0.455. The summed E-state index contributed by atoms with van der Waals surface area (Å²) in [7, 11) is 3.99. The van der Waals surface area contributed by atoms with Crippen LogP contribution in [0.1, 0.15) is 0 Å². The lowest BCUT2D eigenvalue weighted by Gasteiger charge is -2.10. The first kappa shape index (κ1) is 13.1. The molecule has 0 radical (unpaired) electrons. The molecule has 3 heteroatoms. The molecule has 80 valence electrons. The summed E-state index contributed by atoms with van der Waals surface area (Å²) in [5.74, 6) is -0.401. The predicted octanol–water partition coefficient (Wildman–Crippen LogP) is 1.73. The minimum Gasteiger partial charge on any atom is -0.311 e. The number of halogens is 1. The molecule has 0 bridgehead atoms. The number of allylic oxidation sites excluding steroid dienone is 2. The van der Waals surface area contributed by atoms with Gasteiger partial charge in [-0.1, -0.05) is 25.3 Å². The topological polar surface area (TPSA) is 15.3 Å². The zero-order valence-corrected chi connectivity index (χ0v) is 9.02. The highest BCUT2D eigenvalue weighted by atomic mass is 19.1. The van der Waals surface area contributed by atoms with Crippen LogP contribution in [0.4, 0.5) is 4.39 Å². The average Bonchev–Trinajstić information content (AvgIpc) is 2.09. The van der Waals surface area contributed by atoms with Crippen LogP contribution >= 0.6 is 0 Å². The molecule has 0 atom stereocenters. The number of rotatable bonds is 7. The maximum atomic E-state index is 12.8. The van der Waals surface area contributed by atoms with Crippen LogP contribution in [-0.4, -0.2) is 38.6 Å². The van der Waals surface area contributed by atoms with Crippen LogP contribution in [-0.2, 0) is 0 Å². The summed E-state index contributed by atoms with van der Waals surface area (Å²) in [6, 6.07) is 0. The summed E-state index contributed by atoms with van der Waals surface area (Å²) in [5.41, 5.74) is 0.554. The zero-order valence-electron chi connectivity index (χ0n) is 9.02. The Morgan fingerprint density at radius 2 is 2.14 bits per heavy atom. The lowest BCUT2D eigenvalue weighted by atomic mass is 10.2. The van der Waals surface area contributed by atoms with Gasteiger partial charge in [0.1, 0.15) is 5.83 Å². The lowest BCUT2D eigenvalue weighted by Crippen LogP contribution is -2.27. The third-order valence-electron chi connectivity index (χ3n) is 1.72. The fourth-order valence-electron chi connectivity index (χ4n) is 0.913. The molecule has 0 aromatic carbocycles. The summed E-state index contributed by atoms with van der Waals surface area (Å²) in [6.07, 6.45) is 3.19. The van der Waals surface area contributed by atoms with E-state index >= 15 is 0 Å². The molecule has 0 saturated carbocycles. The maximum absolute atomic E-state index is 12.8. The minimum absolute atomic E-state index is 0.401. The van der Waals surface area contributed by atoms with Gasteiger partial charge in [-0.25, -0.2) is 4.39 Å². The Labute approximate surface area is 85.8 Å². The van der Waals surface area contributed by atoms with Gasteiger partial charge in [-0.3, -0.25) is 0 Å². The Bertz CT molecular complexity index is 219. The number of nitrogens with zero attached hydrogens (tertiary/aromatic N) is 1. The van der Waals surface area contributed by atoms with Gasteiger partial charge in [0, 0.05) is 25.2 Å². The Kier molecular flexibility index (Phi) is 6.98. The fourth-order valence-corrected chi connectivity index (χ4v) is 0.913. The van der Waals surface area contributed by atoms with Gasteiger partial charge in [-0.05, 0) is 14.1 Å². The number of hydrogen-bond donors (Lipinski definition) is 1. The van der Waals surface area contributed by atoms with Crippen molar-refractivity contribution in [3.05, 3.63) is 36.7 Å². The van der Waals surface area contributed by atoms with Crippen molar-refractivity contribution in [3.63, 3.8) is 0 Å². The standard InChI is InChI=1S/C11H19FN2/c1-5-6-11(10(2)12)9-13-7-8-14(3)4/h5-6,13H,1-2,7-9H2,3-4H3/b11-6-. The van der Waals surface area contributed by atoms with Crippen LogP contribution in [0.25, 0.3) is 0 Å². The SMILES string of the molecule is C=C/C=C(/CNCCN(C)C)C(=C)F. The number of nitrogens with one attached hydrogen (secondary N) is 1. The Morgan fingerprint density at radius 3 is 2.57 bits per heavy atom. The third-order valence-corrected chi connectivity index (χ3v) is 1.72. The van der Waals surface area contributed by atoms with E-state index in [1.807, 2.05) is 14.1 Å². The van der Waals surface area contributed by atoms with E-state index in [9.17, 15) is 4.39 Å². The number of likely N-dealkylation sites (N-methyl/N-ethyl adjacent to an activating group) is 1. The first-order chi connectivity index (χ1) is 6.57. The van der Waals surface area contributed by atoms with Crippen LogP contribution in [0.5, 0.6) is 0 Å². The van der Waals surface area contributed by atoms with Crippen LogP contribution in [0.3, 0.4) is 0 Å². The van der Waals surface area contributed by atoms with Crippen molar-refractivity contribution < 1.29 is 4.39 Å². The Balaban J connectivity index is 3.79. The van der Waals surface area contributed by atoms with E-state index in [1.165, 1.54) is 0 Å². The summed E-state index contributed by atoms with van der Waals surface area (Å²) in [4.78, 5) is 2.06.